The Morgan fingerprint density at radius 2 is 1.92 bits per heavy atom. The molecule has 0 amide bonds. The van der Waals surface area contributed by atoms with E-state index in [1.807, 2.05) is 0 Å². The molecule has 1 rings (SSSR count). The molecule has 0 unspecified atom stereocenters. The van der Waals surface area contributed by atoms with Crippen LogP contribution in [0.4, 0.5) is 0 Å². The van der Waals surface area contributed by atoms with E-state index in [2.05, 4.69) is 4.76 Å². The standard InChI is InChI=1S/C7H10BNO3/c1-11-7-4-2-6(3-5-7)8(10)12-9/h2-5,10H,9H2,1H3. The zero-order chi connectivity index (χ0) is 8.97. The smallest absolute Gasteiger partial charge is 0.497 e. The highest BCUT2D eigenvalue weighted by Crippen LogP contribution is 2.05. The fraction of sp³-hybridized carbons (Fsp3) is 0.143. The molecular weight excluding hydrogens is 157 g/mol. The summed E-state index contributed by atoms with van der Waals surface area (Å²) in [6.45, 7) is 0. The van der Waals surface area contributed by atoms with Crippen LogP contribution in [0, 0.1) is 0 Å². The van der Waals surface area contributed by atoms with Gasteiger partial charge in [-0.15, -0.1) is 0 Å². The molecule has 0 atom stereocenters. The summed E-state index contributed by atoms with van der Waals surface area (Å²) in [7, 11) is 0.501. The van der Waals surface area contributed by atoms with Crippen molar-refractivity contribution in [3.05, 3.63) is 24.3 Å². The topological polar surface area (TPSA) is 64.7 Å². The van der Waals surface area contributed by atoms with Crippen LogP contribution >= 0.6 is 0 Å². The lowest BCUT2D eigenvalue weighted by molar-refractivity contribution is 0.281. The molecule has 0 radical (unpaired) electrons. The molecule has 0 spiro atoms. The van der Waals surface area contributed by atoms with Crippen LogP contribution in [-0.2, 0) is 4.76 Å². The van der Waals surface area contributed by atoms with E-state index in [4.69, 9.17) is 15.7 Å². The normalized spacial score (nSPS) is 9.58. The highest BCUT2D eigenvalue weighted by atomic mass is 16.6. The largest absolute Gasteiger partial charge is 0.508 e. The van der Waals surface area contributed by atoms with E-state index >= 15 is 0 Å². The molecule has 5 heteroatoms. The molecule has 12 heavy (non-hydrogen) atoms. The number of ether oxygens (including phenoxy) is 1. The first-order chi connectivity index (χ1) is 5.77. The van der Waals surface area contributed by atoms with Gasteiger partial charge < -0.3 is 14.5 Å². The van der Waals surface area contributed by atoms with Crippen molar-refractivity contribution in [1.82, 2.24) is 0 Å². The predicted molar refractivity (Wildman–Crippen MR) is 45.9 cm³/mol. The Morgan fingerprint density at radius 1 is 1.33 bits per heavy atom. The van der Waals surface area contributed by atoms with Crippen LogP contribution in [-0.4, -0.2) is 19.3 Å². The van der Waals surface area contributed by atoms with E-state index in [9.17, 15) is 0 Å². The van der Waals surface area contributed by atoms with Gasteiger partial charge in [-0.1, -0.05) is 12.1 Å². The van der Waals surface area contributed by atoms with Crippen LogP contribution in [0.3, 0.4) is 0 Å². The third-order valence-electron chi connectivity index (χ3n) is 1.53. The van der Waals surface area contributed by atoms with Gasteiger partial charge in [0.15, 0.2) is 0 Å². The van der Waals surface area contributed by atoms with Gasteiger partial charge in [-0.25, -0.2) is 5.90 Å². The van der Waals surface area contributed by atoms with E-state index in [0.29, 0.717) is 5.46 Å². The Kier molecular flexibility index (Phi) is 3.10. The molecule has 0 saturated heterocycles. The van der Waals surface area contributed by atoms with Crippen molar-refractivity contribution >= 4 is 12.6 Å². The van der Waals surface area contributed by atoms with Gasteiger partial charge in [0.25, 0.3) is 0 Å². The van der Waals surface area contributed by atoms with Crippen LogP contribution in [0.15, 0.2) is 24.3 Å². The molecule has 0 aliphatic rings. The van der Waals surface area contributed by atoms with Gasteiger partial charge in [0.1, 0.15) is 5.75 Å². The Morgan fingerprint density at radius 3 is 2.33 bits per heavy atom. The van der Waals surface area contributed by atoms with Gasteiger partial charge in [0.2, 0.25) is 0 Å². The summed E-state index contributed by atoms with van der Waals surface area (Å²) in [6.07, 6.45) is 0. The lowest BCUT2D eigenvalue weighted by Gasteiger charge is -2.03. The molecule has 1 aromatic carbocycles. The number of hydrogen-bond acceptors (Lipinski definition) is 4. The van der Waals surface area contributed by atoms with Crippen molar-refractivity contribution < 1.29 is 14.5 Å². The quantitative estimate of drug-likeness (QED) is 0.460. The minimum absolute atomic E-state index is 0.596. The van der Waals surface area contributed by atoms with Crippen molar-refractivity contribution in [1.29, 1.82) is 0 Å². The second kappa shape index (κ2) is 4.11. The van der Waals surface area contributed by atoms with E-state index in [0.717, 1.165) is 5.75 Å². The van der Waals surface area contributed by atoms with Gasteiger partial charge in [-0.05, 0) is 17.6 Å². The molecule has 3 N–H and O–H groups in total. The zero-order valence-corrected chi connectivity index (χ0v) is 6.73. The Labute approximate surface area is 71.0 Å². The molecule has 0 aromatic heterocycles. The lowest BCUT2D eigenvalue weighted by Crippen LogP contribution is -2.35. The first-order valence-corrected chi connectivity index (χ1v) is 3.45. The first kappa shape index (κ1) is 9.06. The Balaban J connectivity index is 2.77. The van der Waals surface area contributed by atoms with Crippen LogP contribution in [0.5, 0.6) is 5.75 Å². The van der Waals surface area contributed by atoms with Gasteiger partial charge in [-0.2, -0.15) is 0 Å². The number of rotatable bonds is 3. The molecule has 0 saturated carbocycles. The fourth-order valence-corrected chi connectivity index (χ4v) is 0.847. The van der Waals surface area contributed by atoms with Crippen LogP contribution in [0.2, 0.25) is 0 Å². The molecule has 64 valence electrons. The monoisotopic (exact) mass is 167 g/mol. The summed E-state index contributed by atoms with van der Waals surface area (Å²) >= 11 is 0. The molecule has 0 heterocycles. The van der Waals surface area contributed by atoms with E-state index in [1.54, 1.807) is 31.4 Å². The van der Waals surface area contributed by atoms with E-state index in [-0.39, 0.29) is 0 Å². The average molecular weight is 167 g/mol. The van der Waals surface area contributed by atoms with Crippen molar-refractivity contribution in [2.24, 2.45) is 5.90 Å². The summed E-state index contributed by atoms with van der Waals surface area (Å²) in [6, 6.07) is 6.79. The fourth-order valence-electron chi connectivity index (χ4n) is 0.847. The van der Waals surface area contributed by atoms with Crippen LogP contribution < -0.4 is 16.1 Å². The molecule has 4 nitrogen and oxygen atoms in total. The molecule has 0 bridgehead atoms. The predicted octanol–water partition coefficient (Wildman–Crippen LogP) is -0.727. The Hall–Kier alpha value is -1.04. The number of nitrogens with two attached hydrogens (primary N) is 1. The first-order valence-electron chi connectivity index (χ1n) is 3.45. The summed E-state index contributed by atoms with van der Waals surface area (Å²) < 4.78 is 9.15. The molecule has 1 aromatic rings. The number of methoxy groups -OCH3 is 1. The zero-order valence-electron chi connectivity index (χ0n) is 6.73. The highest BCUT2D eigenvalue weighted by Gasteiger charge is 2.14. The van der Waals surface area contributed by atoms with Gasteiger partial charge >= 0.3 is 7.12 Å². The van der Waals surface area contributed by atoms with Gasteiger partial charge in [0, 0.05) is 0 Å². The van der Waals surface area contributed by atoms with E-state index in [1.165, 1.54) is 0 Å². The van der Waals surface area contributed by atoms with Crippen LogP contribution in [0.25, 0.3) is 0 Å². The van der Waals surface area contributed by atoms with Crippen molar-refractivity contribution in [2.75, 3.05) is 7.11 Å². The Bertz CT molecular complexity index is 239. The lowest BCUT2D eigenvalue weighted by atomic mass is 9.80. The number of benzene rings is 1. The number of hydrogen-bond donors (Lipinski definition) is 2. The van der Waals surface area contributed by atoms with Gasteiger partial charge in [-0.3, -0.25) is 0 Å². The summed E-state index contributed by atoms with van der Waals surface area (Å²) in [5, 5.41) is 9.10. The third-order valence-corrected chi connectivity index (χ3v) is 1.53. The third kappa shape index (κ3) is 1.98. The van der Waals surface area contributed by atoms with E-state index < -0.39 is 7.12 Å². The molecular formula is C7H10BNO3. The summed E-state index contributed by atoms with van der Waals surface area (Å²) in [4.78, 5) is 0. The summed E-state index contributed by atoms with van der Waals surface area (Å²) in [5.41, 5.74) is 0.596. The minimum atomic E-state index is -1.07. The van der Waals surface area contributed by atoms with Crippen molar-refractivity contribution in [2.45, 2.75) is 0 Å². The SMILES string of the molecule is COc1ccc(B(O)ON)cc1. The molecule has 0 aliphatic carbocycles. The molecule has 0 aliphatic heterocycles. The molecule has 0 fully saturated rings. The highest BCUT2D eigenvalue weighted by molar-refractivity contribution is 6.59. The second-order valence-corrected chi connectivity index (χ2v) is 2.26. The second-order valence-electron chi connectivity index (χ2n) is 2.26. The van der Waals surface area contributed by atoms with Crippen molar-refractivity contribution in [3.63, 3.8) is 0 Å². The average Bonchev–Trinajstić information content (AvgIpc) is 2.17. The summed E-state index contributed by atoms with van der Waals surface area (Å²) in [5.74, 6) is 5.52. The maximum absolute atomic E-state index is 9.10. The van der Waals surface area contributed by atoms with Gasteiger partial charge in [0.05, 0.1) is 7.11 Å². The minimum Gasteiger partial charge on any atom is -0.497 e. The maximum Gasteiger partial charge on any atom is 0.508 e. The maximum atomic E-state index is 9.10. The van der Waals surface area contributed by atoms with Crippen molar-refractivity contribution in [3.8, 4) is 5.75 Å². The van der Waals surface area contributed by atoms with Crippen LogP contribution in [0.1, 0.15) is 0 Å².